The van der Waals surface area contributed by atoms with Crippen LogP contribution in [0, 0.1) is 0 Å². The lowest BCUT2D eigenvalue weighted by Crippen LogP contribution is -2.26. The Balaban J connectivity index is 2.08. The molecule has 0 radical (unpaired) electrons. The highest BCUT2D eigenvalue weighted by atomic mass is 32.2. The van der Waals surface area contributed by atoms with Gasteiger partial charge in [0.25, 0.3) is 0 Å². The molecule has 0 aliphatic heterocycles. The molecule has 1 heterocycles. The van der Waals surface area contributed by atoms with Crippen LogP contribution in [0.1, 0.15) is 13.8 Å². The van der Waals surface area contributed by atoms with Crippen LogP contribution in [-0.2, 0) is 9.84 Å². The van der Waals surface area contributed by atoms with Crippen LogP contribution >= 0.6 is 0 Å². The van der Waals surface area contributed by atoms with Crippen molar-refractivity contribution in [3.63, 3.8) is 0 Å². The fourth-order valence-electron chi connectivity index (χ4n) is 1.97. The third-order valence-corrected chi connectivity index (χ3v) is 4.80. The van der Waals surface area contributed by atoms with E-state index in [4.69, 9.17) is 0 Å². The molecule has 0 amide bonds. The molecule has 0 bridgehead atoms. The first kappa shape index (κ1) is 13.0. The number of benzene rings is 1. The van der Waals surface area contributed by atoms with Gasteiger partial charge in [-0.1, -0.05) is 6.92 Å². The first-order chi connectivity index (χ1) is 8.50. The Morgan fingerprint density at radius 2 is 2.11 bits per heavy atom. The highest BCUT2D eigenvalue weighted by Crippen LogP contribution is 2.18. The Hall–Kier alpha value is -1.49. The Morgan fingerprint density at radius 1 is 1.33 bits per heavy atom. The van der Waals surface area contributed by atoms with Crippen LogP contribution in [0.25, 0.3) is 10.9 Å². The highest BCUT2D eigenvalue weighted by molar-refractivity contribution is 7.91. The van der Waals surface area contributed by atoms with Gasteiger partial charge in [0, 0.05) is 34.6 Å². The van der Waals surface area contributed by atoms with Gasteiger partial charge < -0.3 is 10.3 Å². The van der Waals surface area contributed by atoms with Gasteiger partial charge in [-0.05, 0) is 31.2 Å². The second-order valence-electron chi connectivity index (χ2n) is 4.52. The number of hydrogen-bond donors (Lipinski definition) is 2. The summed E-state index contributed by atoms with van der Waals surface area (Å²) < 4.78 is 23.1. The number of H-pyrrole nitrogens is 1. The van der Waals surface area contributed by atoms with Crippen LogP contribution in [-0.4, -0.2) is 30.9 Å². The van der Waals surface area contributed by atoms with E-state index >= 15 is 0 Å². The molecule has 1 unspecified atom stereocenters. The minimum Gasteiger partial charge on any atom is -0.382 e. The molecule has 1 aromatic carbocycles. The zero-order chi connectivity index (χ0) is 13.2. The van der Waals surface area contributed by atoms with Gasteiger partial charge in [-0.15, -0.1) is 0 Å². The van der Waals surface area contributed by atoms with Gasteiger partial charge in [-0.25, -0.2) is 8.42 Å². The van der Waals surface area contributed by atoms with E-state index in [1.165, 1.54) is 0 Å². The number of hydrogen-bond acceptors (Lipinski definition) is 3. The second-order valence-corrected chi connectivity index (χ2v) is 6.92. The molecule has 0 spiro atoms. The molecule has 2 N–H and O–H groups in total. The van der Waals surface area contributed by atoms with Crippen molar-refractivity contribution in [1.29, 1.82) is 0 Å². The molecule has 4 nitrogen and oxygen atoms in total. The molecule has 0 aliphatic rings. The predicted molar refractivity (Wildman–Crippen MR) is 75.7 cm³/mol. The number of nitrogens with one attached hydrogen (secondary N) is 2. The molecule has 98 valence electrons. The molecular formula is C13H18N2O2S. The molecular weight excluding hydrogens is 248 g/mol. The largest absolute Gasteiger partial charge is 0.382 e. The number of anilines is 1. The minimum atomic E-state index is -2.94. The van der Waals surface area contributed by atoms with Crippen LogP contribution in [0.15, 0.2) is 30.5 Å². The van der Waals surface area contributed by atoms with Crippen LogP contribution in [0.2, 0.25) is 0 Å². The molecule has 1 atom stereocenters. The van der Waals surface area contributed by atoms with Crippen molar-refractivity contribution in [3.05, 3.63) is 30.5 Å². The van der Waals surface area contributed by atoms with E-state index in [-0.39, 0.29) is 17.5 Å². The number of rotatable bonds is 5. The second kappa shape index (κ2) is 5.02. The van der Waals surface area contributed by atoms with Crippen LogP contribution in [0.5, 0.6) is 0 Å². The lowest BCUT2D eigenvalue weighted by atomic mass is 10.2. The van der Waals surface area contributed by atoms with Gasteiger partial charge in [0.1, 0.15) is 0 Å². The number of sulfone groups is 1. The van der Waals surface area contributed by atoms with Crippen molar-refractivity contribution in [3.8, 4) is 0 Å². The van der Waals surface area contributed by atoms with Gasteiger partial charge >= 0.3 is 0 Å². The lowest BCUT2D eigenvalue weighted by molar-refractivity contribution is 0.593. The summed E-state index contributed by atoms with van der Waals surface area (Å²) in [6.45, 7) is 3.56. The Bertz CT molecular complexity index is 631. The van der Waals surface area contributed by atoms with Gasteiger partial charge in [0.05, 0.1) is 5.75 Å². The van der Waals surface area contributed by atoms with Gasteiger partial charge in [-0.2, -0.15) is 0 Å². The van der Waals surface area contributed by atoms with E-state index in [1.807, 2.05) is 37.4 Å². The van der Waals surface area contributed by atoms with Crippen LogP contribution in [0.3, 0.4) is 0 Å². The Morgan fingerprint density at radius 3 is 2.83 bits per heavy atom. The predicted octanol–water partition coefficient (Wildman–Crippen LogP) is 2.40. The molecule has 0 saturated carbocycles. The molecule has 18 heavy (non-hydrogen) atoms. The van der Waals surface area contributed by atoms with Crippen LogP contribution in [0.4, 0.5) is 5.69 Å². The minimum absolute atomic E-state index is 0.0914. The zero-order valence-electron chi connectivity index (χ0n) is 10.6. The normalized spacial score (nSPS) is 13.7. The highest BCUT2D eigenvalue weighted by Gasteiger charge is 2.13. The van der Waals surface area contributed by atoms with Gasteiger partial charge in [-0.3, -0.25) is 0 Å². The summed E-state index contributed by atoms with van der Waals surface area (Å²) in [5.41, 5.74) is 2.02. The maximum Gasteiger partial charge on any atom is 0.152 e. The van der Waals surface area contributed by atoms with Crippen molar-refractivity contribution in [1.82, 2.24) is 4.98 Å². The molecule has 5 heteroatoms. The first-order valence-electron chi connectivity index (χ1n) is 6.04. The molecule has 0 fully saturated rings. The standard InChI is InChI=1S/C13H18N2O2S/c1-3-18(16,17)9-10(2)15-12-4-5-13-11(8-12)6-7-14-13/h4-8,10,14-15H,3,9H2,1-2H3. The summed E-state index contributed by atoms with van der Waals surface area (Å²) in [5.74, 6) is 0.352. The average molecular weight is 266 g/mol. The summed E-state index contributed by atoms with van der Waals surface area (Å²) in [6, 6.07) is 7.85. The third kappa shape index (κ3) is 3.04. The van der Waals surface area contributed by atoms with Crippen LogP contribution < -0.4 is 5.32 Å². The van der Waals surface area contributed by atoms with E-state index < -0.39 is 9.84 Å². The lowest BCUT2D eigenvalue weighted by Gasteiger charge is -2.15. The van der Waals surface area contributed by atoms with Crippen molar-refractivity contribution < 1.29 is 8.42 Å². The maximum atomic E-state index is 11.5. The van der Waals surface area contributed by atoms with Crippen molar-refractivity contribution >= 4 is 26.4 Å². The molecule has 2 rings (SSSR count). The fraction of sp³-hybridized carbons (Fsp3) is 0.385. The van der Waals surface area contributed by atoms with E-state index in [0.717, 1.165) is 16.6 Å². The Labute approximate surface area is 107 Å². The topological polar surface area (TPSA) is 62.0 Å². The van der Waals surface area contributed by atoms with Gasteiger partial charge in [0.15, 0.2) is 9.84 Å². The number of fused-ring (bicyclic) bond motifs is 1. The summed E-state index contributed by atoms with van der Waals surface area (Å²) in [7, 11) is -2.94. The maximum absolute atomic E-state index is 11.5. The van der Waals surface area contributed by atoms with E-state index in [0.29, 0.717) is 0 Å². The summed E-state index contributed by atoms with van der Waals surface area (Å²) in [5, 5.41) is 4.34. The van der Waals surface area contributed by atoms with Crippen molar-refractivity contribution in [2.75, 3.05) is 16.8 Å². The van der Waals surface area contributed by atoms with Crippen molar-refractivity contribution in [2.45, 2.75) is 19.9 Å². The van der Waals surface area contributed by atoms with E-state index in [1.54, 1.807) is 6.92 Å². The smallest absolute Gasteiger partial charge is 0.152 e. The monoisotopic (exact) mass is 266 g/mol. The summed E-state index contributed by atoms with van der Waals surface area (Å²) in [6.07, 6.45) is 1.89. The molecule has 0 saturated heterocycles. The van der Waals surface area contributed by atoms with E-state index in [9.17, 15) is 8.42 Å². The Kier molecular flexibility index (Phi) is 3.61. The average Bonchev–Trinajstić information content (AvgIpc) is 2.75. The first-order valence-corrected chi connectivity index (χ1v) is 7.86. The molecule has 0 aliphatic carbocycles. The SMILES string of the molecule is CCS(=O)(=O)CC(C)Nc1ccc2[nH]ccc2c1. The van der Waals surface area contributed by atoms with E-state index in [2.05, 4.69) is 10.3 Å². The zero-order valence-corrected chi connectivity index (χ0v) is 11.4. The number of aromatic amines is 1. The summed E-state index contributed by atoms with van der Waals surface area (Å²) in [4.78, 5) is 3.12. The van der Waals surface area contributed by atoms with Gasteiger partial charge in [0.2, 0.25) is 0 Å². The molecule has 1 aromatic heterocycles. The molecule has 2 aromatic rings. The summed E-state index contributed by atoms with van der Waals surface area (Å²) >= 11 is 0. The number of aromatic nitrogens is 1. The van der Waals surface area contributed by atoms with Crippen molar-refractivity contribution in [2.24, 2.45) is 0 Å². The quantitative estimate of drug-likeness (QED) is 0.873. The third-order valence-electron chi connectivity index (χ3n) is 2.91. The fourth-order valence-corrected chi connectivity index (χ4v) is 3.05.